The number of nitrogens with one attached hydrogen (secondary N) is 1. The molecule has 0 saturated heterocycles. The minimum absolute atomic E-state index is 0.0421. The van der Waals surface area contributed by atoms with E-state index in [9.17, 15) is 14.7 Å². The first kappa shape index (κ1) is 19.8. The number of carbonyl (C=O) groups is 2. The average molecular weight is 357 g/mol. The summed E-state index contributed by atoms with van der Waals surface area (Å²) in [6, 6.07) is 8.69. The van der Waals surface area contributed by atoms with E-state index >= 15 is 0 Å². The average Bonchev–Trinajstić information content (AvgIpc) is 3.00. The van der Waals surface area contributed by atoms with Crippen molar-refractivity contribution in [3.05, 3.63) is 54.1 Å². The van der Waals surface area contributed by atoms with Crippen molar-refractivity contribution in [2.24, 2.45) is 5.92 Å². The van der Waals surface area contributed by atoms with Gasteiger partial charge in [0, 0.05) is 19.2 Å². The van der Waals surface area contributed by atoms with E-state index in [1.165, 1.54) is 6.92 Å². The number of aromatic nitrogens is 2. The number of carboxylic acid groups (broad SMARTS) is 1. The first-order valence-corrected chi connectivity index (χ1v) is 8.89. The number of aliphatic carboxylic acids is 1. The zero-order valence-corrected chi connectivity index (χ0v) is 15.6. The number of nitrogens with zero attached hydrogens (tertiary/aromatic N) is 2. The molecule has 0 bridgehead atoms. The molecule has 2 N–H and O–H groups in total. The molecule has 0 aliphatic heterocycles. The van der Waals surface area contributed by atoms with Crippen molar-refractivity contribution >= 4 is 11.8 Å². The molecule has 2 rings (SSSR count). The van der Waals surface area contributed by atoms with Crippen molar-refractivity contribution in [1.29, 1.82) is 0 Å². The Hall–Kier alpha value is -2.47. The van der Waals surface area contributed by atoms with Gasteiger partial charge in [0.2, 0.25) is 0 Å². The van der Waals surface area contributed by atoms with Crippen molar-refractivity contribution in [2.45, 2.75) is 52.2 Å². The molecule has 0 aliphatic carbocycles. The quantitative estimate of drug-likeness (QED) is 0.683. The summed E-state index contributed by atoms with van der Waals surface area (Å²) in [5.41, 5.74) is 1.84. The fourth-order valence-electron chi connectivity index (χ4n) is 2.88. The number of ketones is 1. The lowest BCUT2D eigenvalue weighted by molar-refractivity contribution is -0.139. The number of Topliss-reactive ketones (excluding diaryl/α,β-unsaturated/α-hetero) is 1. The van der Waals surface area contributed by atoms with Gasteiger partial charge in [-0.05, 0) is 24.8 Å². The van der Waals surface area contributed by atoms with Gasteiger partial charge in [-0.2, -0.15) is 0 Å². The van der Waals surface area contributed by atoms with E-state index in [-0.39, 0.29) is 12.2 Å². The van der Waals surface area contributed by atoms with E-state index in [1.807, 2.05) is 54.9 Å². The van der Waals surface area contributed by atoms with Gasteiger partial charge in [0.15, 0.2) is 0 Å². The molecule has 2 atom stereocenters. The van der Waals surface area contributed by atoms with Gasteiger partial charge >= 0.3 is 5.97 Å². The first-order valence-electron chi connectivity index (χ1n) is 8.89. The summed E-state index contributed by atoms with van der Waals surface area (Å²) in [5, 5.41) is 12.5. The third-order valence-corrected chi connectivity index (χ3v) is 4.21. The molecule has 1 aromatic heterocycles. The minimum atomic E-state index is -0.974. The van der Waals surface area contributed by atoms with E-state index in [0.29, 0.717) is 24.6 Å². The van der Waals surface area contributed by atoms with Gasteiger partial charge in [0.1, 0.15) is 11.8 Å². The highest BCUT2D eigenvalue weighted by Gasteiger charge is 2.25. The Bertz CT molecular complexity index is 725. The summed E-state index contributed by atoms with van der Waals surface area (Å²) in [6.45, 7) is 6.20. The Balaban J connectivity index is 2.03. The van der Waals surface area contributed by atoms with Crippen LogP contribution in [0.4, 0.5) is 0 Å². The number of imidazole rings is 1. The fraction of sp³-hybridized carbons (Fsp3) is 0.450. The second-order valence-corrected chi connectivity index (χ2v) is 7.08. The number of carboxylic acids is 1. The zero-order valence-electron chi connectivity index (χ0n) is 15.6. The van der Waals surface area contributed by atoms with Crippen LogP contribution in [-0.2, 0) is 22.6 Å². The van der Waals surface area contributed by atoms with Gasteiger partial charge in [0.05, 0.1) is 18.1 Å². The maximum Gasteiger partial charge on any atom is 0.321 e. The SMILES string of the molecule is CC(=O)C(CC(C)C)N[C@@H](Cc1cn(Cc2ccccc2)cn1)C(=O)O. The van der Waals surface area contributed by atoms with Gasteiger partial charge in [-0.15, -0.1) is 0 Å². The minimum Gasteiger partial charge on any atom is -0.480 e. The summed E-state index contributed by atoms with van der Waals surface area (Å²) in [4.78, 5) is 27.8. The van der Waals surface area contributed by atoms with Gasteiger partial charge in [-0.25, -0.2) is 4.98 Å². The number of hydrogen-bond acceptors (Lipinski definition) is 4. The van der Waals surface area contributed by atoms with Crippen LogP contribution in [0.2, 0.25) is 0 Å². The van der Waals surface area contributed by atoms with Crippen molar-refractivity contribution in [3.63, 3.8) is 0 Å². The Kier molecular flexibility index (Phi) is 7.09. The molecule has 0 saturated carbocycles. The Labute approximate surface area is 154 Å². The highest BCUT2D eigenvalue weighted by Crippen LogP contribution is 2.10. The Morgan fingerprint density at radius 3 is 2.46 bits per heavy atom. The van der Waals surface area contributed by atoms with Crippen molar-refractivity contribution in [3.8, 4) is 0 Å². The maximum atomic E-state index is 11.8. The molecular formula is C20H27N3O3. The van der Waals surface area contributed by atoms with Crippen molar-refractivity contribution in [2.75, 3.05) is 0 Å². The third kappa shape index (κ3) is 6.11. The molecule has 2 aromatic rings. The molecule has 1 aromatic carbocycles. The molecule has 26 heavy (non-hydrogen) atoms. The summed E-state index contributed by atoms with van der Waals surface area (Å²) in [7, 11) is 0. The predicted molar refractivity (Wildman–Crippen MR) is 100.0 cm³/mol. The van der Waals surface area contributed by atoms with Crippen LogP contribution in [0.3, 0.4) is 0 Å². The fourth-order valence-corrected chi connectivity index (χ4v) is 2.88. The molecule has 140 valence electrons. The van der Waals surface area contributed by atoms with E-state index in [4.69, 9.17) is 0 Å². The molecule has 0 aliphatic rings. The van der Waals surface area contributed by atoms with Crippen LogP contribution < -0.4 is 5.32 Å². The van der Waals surface area contributed by atoms with E-state index in [2.05, 4.69) is 10.3 Å². The van der Waals surface area contributed by atoms with Crippen LogP contribution in [-0.4, -0.2) is 38.5 Å². The first-order chi connectivity index (χ1) is 12.3. The third-order valence-electron chi connectivity index (χ3n) is 4.21. The number of carbonyl (C=O) groups excluding carboxylic acids is 1. The molecule has 6 heteroatoms. The Morgan fingerprint density at radius 2 is 1.88 bits per heavy atom. The van der Waals surface area contributed by atoms with Crippen LogP contribution in [0.25, 0.3) is 0 Å². The van der Waals surface area contributed by atoms with Gasteiger partial charge in [-0.3, -0.25) is 14.9 Å². The van der Waals surface area contributed by atoms with E-state index in [0.717, 1.165) is 5.56 Å². The summed E-state index contributed by atoms with van der Waals surface area (Å²) >= 11 is 0. The number of benzene rings is 1. The van der Waals surface area contributed by atoms with Gasteiger partial charge < -0.3 is 9.67 Å². The Morgan fingerprint density at radius 1 is 1.19 bits per heavy atom. The molecule has 0 radical (unpaired) electrons. The summed E-state index contributed by atoms with van der Waals surface area (Å²) < 4.78 is 1.93. The molecule has 0 fully saturated rings. The maximum absolute atomic E-state index is 11.8. The highest BCUT2D eigenvalue weighted by molar-refractivity contribution is 5.82. The van der Waals surface area contributed by atoms with Gasteiger partial charge in [0.25, 0.3) is 0 Å². The molecule has 6 nitrogen and oxygen atoms in total. The second-order valence-electron chi connectivity index (χ2n) is 7.08. The smallest absolute Gasteiger partial charge is 0.321 e. The van der Waals surface area contributed by atoms with E-state index < -0.39 is 18.1 Å². The van der Waals surface area contributed by atoms with Crippen LogP contribution in [0, 0.1) is 5.92 Å². The van der Waals surface area contributed by atoms with Crippen LogP contribution in [0.5, 0.6) is 0 Å². The van der Waals surface area contributed by atoms with Crippen LogP contribution in [0.15, 0.2) is 42.9 Å². The summed E-state index contributed by atoms with van der Waals surface area (Å²) in [6.07, 6.45) is 4.41. The van der Waals surface area contributed by atoms with Crippen molar-refractivity contribution < 1.29 is 14.7 Å². The van der Waals surface area contributed by atoms with Gasteiger partial charge in [-0.1, -0.05) is 44.2 Å². The largest absolute Gasteiger partial charge is 0.480 e. The monoisotopic (exact) mass is 357 g/mol. The number of hydrogen-bond donors (Lipinski definition) is 2. The van der Waals surface area contributed by atoms with Crippen LogP contribution >= 0.6 is 0 Å². The normalized spacial score (nSPS) is 13.5. The second kappa shape index (κ2) is 9.29. The lowest BCUT2D eigenvalue weighted by Crippen LogP contribution is -2.48. The standard InChI is InChI=1S/C20H27N3O3/c1-14(2)9-18(15(3)24)22-19(20(25)26)10-17-12-23(13-21-17)11-16-7-5-4-6-8-16/h4-8,12-14,18-19,22H,9-11H2,1-3H3,(H,25,26)/t18?,19-/m0/s1. The molecule has 1 heterocycles. The van der Waals surface area contributed by atoms with E-state index in [1.54, 1.807) is 6.33 Å². The predicted octanol–water partition coefficient (Wildman–Crippen LogP) is 2.52. The van der Waals surface area contributed by atoms with Crippen molar-refractivity contribution in [1.82, 2.24) is 14.9 Å². The highest BCUT2D eigenvalue weighted by atomic mass is 16.4. The lowest BCUT2D eigenvalue weighted by Gasteiger charge is -2.22. The molecule has 0 amide bonds. The molecular weight excluding hydrogens is 330 g/mol. The topological polar surface area (TPSA) is 84.2 Å². The lowest BCUT2D eigenvalue weighted by atomic mass is 9.99. The van der Waals surface area contributed by atoms with Crippen LogP contribution in [0.1, 0.15) is 38.4 Å². The molecule has 1 unspecified atom stereocenters. The summed E-state index contributed by atoms with van der Waals surface area (Å²) in [5.74, 6) is -0.715. The zero-order chi connectivity index (χ0) is 19.1. The molecule has 0 spiro atoms. The number of rotatable bonds is 10.